The van der Waals surface area contributed by atoms with Crippen LogP contribution in [-0.2, 0) is 9.47 Å². The fourth-order valence-corrected chi connectivity index (χ4v) is 2.13. The van der Waals surface area contributed by atoms with Crippen LogP contribution in [0.3, 0.4) is 0 Å². The van der Waals surface area contributed by atoms with E-state index in [2.05, 4.69) is 22.0 Å². The van der Waals surface area contributed by atoms with E-state index in [9.17, 15) is 4.79 Å². The van der Waals surface area contributed by atoms with Gasteiger partial charge >= 0.3 is 6.09 Å². The third-order valence-electron chi connectivity index (χ3n) is 3.22. The van der Waals surface area contributed by atoms with Crippen molar-refractivity contribution >= 4 is 12.3 Å². The first kappa shape index (κ1) is 27.6. The van der Waals surface area contributed by atoms with Crippen LogP contribution in [0.4, 0.5) is 4.79 Å². The number of rotatable bonds is 7. The average Bonchev–Trinajstić information content (AvgIpc) is 2.66. The molecule has 1 saturated heterocycles. The van der Waals surface area contributed by atoms with E-state index < -0.39 is 11.7 Å². The molecule has 1 heterocycles. The molecule has 1 rings (SSSR count). The highest BCUT2D eigenvalue weighted by atomic mass is 16.6. The number of hydrogen-bond acceptors (Lipinski definition) is 6. The monoisotopic (exact) mass is 386 g/mol. The van der Waals surface area contributed by atoms with Gasteiger partial charge in [-0.15, -0.1) is 0 Å². The van der Waals surface area contributed by atoms with Gasteiger partial charge in [0.05, 0.1) is 13.2 Å². The molecule has 0 atom stereocenters. The van der Waals surface area contributed by atoms with Gasteiger partial charge < -0.3 is 9.47 Å². The molecule has 1 fully saturated rings. The molecule has 0 saturated carbocycles. The Labute approximate surface area is 166 Å². The van der Waals surface area contributed by atoms with Gasteiger partial charge in [0.1, 0.15) is 11.4 Å². The van der Waals surface area contributed by atoms with E-state index in [4.69, 9.17) is 9.47 Å². The third kappa shape index (κ3) is 14.2. The maximum atomic E-state index is 12.4. The minimum atomic E-state index is -0.548. The van der Waals surface area contributed by atoms with Crippen molar-refractivity contribution in [2.45, 2.75) is 67.4 Å². The van der Waals surface area contributed by atoms with Gasteiger partial charge in [0.15, 0.2) is 0 Å². The quantitative estimate of drug-likeness (QED) is 0.528. The predicted octanol–water partition coefficient (Wildman–Crippen LogP) is 4.06. The number of nitrogens with one attached hydrogen (secondary N) is 1. The molecule has 7 nitrogen and oxygen atoms in total. The number of hydrazone groups is 1. The first-order valence-corrected chi connectivity index (χ1v) is 10.1. The Bertz CT molecular complexity index is 414. The highest BCUT2D eigenvalue weighted by molar-refractivity contribution is 5.70. The van der Waals surface area contributed by atoms with Crippen LogP contribution in [0.25, 0.3) is 0 Å². The lowest BCUT2D eigenvalue weighted by molar-refractivity contribution is 0.0252. The second-order valence-electron chi connectivity index (χ2n) is 6.39. The SMILES string of the molecule is C=C(N/N=C\C)N(CCCN1CCOCC1)C(=O)OC(C)(C)C.CC.CC. The number of nitrogens with zero attached hydrogens (tertiary/aromatic N) is 3. The van der Waals surface area contributed by atoms with Crippen molar-refractivity contribution in [2.75, 3.05) is 39.4 Å². The van der Waals surface area contributed by atoms with Crippen LogP contribution in [0.15, 0.2) is 17.5 Å². The minimum absolute atomic E-state index is 0.414. The van der Waals surface area contributed by atoms with Crippen LogP contribution in [0.2, 0.25) is 0 Å². The molecule has 0 radical (unpaired) electrons. The van der Waals surface area contributed by atoms with Gasteiger partial charge in [-0.3, -0.25) is 15.2 Å². The number of morpholine rings is 1. The highest BCUT2D eigenvalue weighted by Crippen LogP contribution is 2.13. The van der Waals surface area contributed by atoms with Crippen LogP contribution < -0.4 is 5.43 Å². The molecule has 0 unspecified atom stereocenters. The summed E-state index contributed by atoms with van der Waals surface area (Å²) in [6.07, 6.45) is 2.02. The molecule has 1 aliphatic rings. The van der Waals surface area contributed by atoms with Crippen LogP contribution in [0.1, 0.15) is 61.8 Å². The summed E-state index contributed by atoms with van der Waals surface area (Å²) in [5.41, 5.74) is 2.21. The molecule has 1 N–H and O–H groups in total. The van der Waals surface area contributed by atoms with Crippen molar-refractivity contribution in [2.24, 2.45) is 5.10 Å². The first-order valence-electron chi connectivity index (χ1n) is 10.1. The van der Waals surface area contributed by atoms with Gasteiger partial charge in [0, 0.05) is 32.4 Å². The lowest BCUT2D eigenvalue weighted by Gasteiger charge is -2.30. The van der Waals surface area contributed by atoms with Crippen molar-refractivity contribution in [3.8, 4) is 0 Å². The summed E-state index contributed by atoms with van der Waals surface area (Å²) in [5.74, 6) is 0.416. The lowest BCUT2D eigenvalue weighted by atomic mass is 10.2. The number of carbonyl (C=O) groups excluding carboxylic acids is 1. The molecule has 0 spiro atoms. The first-order chi connectivity index (χ1) is 12.8. The van der Waals surface area contributed by atoms with Crippen molar-refractivity contribution in [1.29, 1.82) is 0 Å². The van der Waals surface area contributed by atoms with Crippen LogP contribution in [0, 0.1) is 0 Å². The van der Waals surface area contributed by atoms with Gasteiger partial charge in [-0.25, -0.2) is 4.79 Å². The summed E-state index contributed by atoms with van der Waals surface area (Å²) in [6.45, 7) is 24.1. The largest absolute Gasteiger partial charge is 0.443 e. The van der Waals surface area contributed by atoms with E-state index in [0.29, 0.717) is 12.4 Å². The highest BCUT2D eigenvalue weighted by Gasteiger charge is 2.24. The molecular formula is C20H42N4O3. The molecule has 0 aliphatic carbocycles. The fourth-order valence-electron chi connectivity index (χ4n) is 2.13. The van der Waals surface area contributed by atoms with Gasteiger partial charge in [-0.05, 0) is 34.1 Å². The fraction of sp³-hybridized carbons (Fsp3) is 0.800. The predicted molar refractivity (Wildman–Crippen MR) is 114 cm³/mol. The molecule has 27 heavy (non-hydrogen) atoms. The summed E-state index contributed by atoms with van der Waals surface area (Å²) in [5, 5.41) is 3.92. The van der Waals surface area contributed by atoms with E-state index in [1.165, 1.54) is 4.90 Å². The summed E-state index contributed by atoms with van der Waals surface area (Å²) in [4.78, 5) is 16.2. The number of ether oxygens (including phenoxy) is 2. The summed E-state index contributed by atoms with van der Waals surface area (Å²) < 4.78 is 10.8. The summed E-state index contributed by atoms with van der Waals surface area (Å²) >= 11 is 0. The average molecular weight is 387 g/mol. The Morgan fingerprint density at radius 1 is 1.26 bits per heavy atom. The van der Waals surface area contributed by atoms with Crippen LogP contribution >= 0.6 is 0 Å². The van der Waals surface area contributed by atoms with Gasteiger partial charge in [0.25, 0.3) is 0 Å². The van der Waals surface area contributed by atoms with Crippen molar-refractivity contribution in [3.05, 3.63) is 12.4 Å². The van der Waals surface area contributed by atoms with Crippen LogP contribution in [0.5, 0.6) is 0 Å². The maximum Gasteiger partial charge on any atom is 0.415 e. The third-order valence-corrected chi connectivity index (χ3v) is 3.22. The molecule has 0 aromatic heterocycles. The minimum Gasteiger partial charge on any atom is -0.443 e. The number of carbonyl (C=O) groups is 1. The second-order valence-corrected chi connectivity index (χ2v) is 6.39. The van der Waals surface area contributed by atoms with E-state index in [0.717, 1.165) is 39.3 Å². The van der Waals surface area contributed by atoms with Crippen LogP contribution in [-0.4, -0.2) is 67.1 Å². The van der Waals surface area contributed by atoms with Crippen molar-refractivity contribution in [1.82, 2.24) is 15.2 Å². The lowest BCUT2D eigenvalue weighted by Crippen LogP contribution is -2.41. The normalized spacial score (nSPS) is 14.4. The Morgan fingerprint density at radius 3 is 2.30 bits per heavy atom. The zero-order valence-corrected chi connectivity index (χ0v) is 18.8. The van der Waals surface area contributed by atoms with E-state index in [-0.39, 0.29) is 0 Å². The Balaban J connectivity index is 0. The molecule has 0 bridgehead atoms. The smallest absolute Gasteiger partial charge is 0.415 e. The molecule has 0 aromatic rings. The number of amides is 1. The van der Waals surface area contributed by atoms with E-state index >= 15 is 0 Å². The van der Waals surface area contributed by atoms with E-state index in [1.807, 2.05) is 48.5 Å². The molecular weight excluding hydrogens is 344 g/mol. The Hall–Kier alpha value is -1.60. The van der Waals surface area contributed by atoms with E-state index in [1.54, 1.807) is 13.1 Å². The summed E-state index contributed by atoms with van der Waals surface area (Å²) in [6, 6.07) is 0. The van der Waals surface area contributed by atoms with Crippen molar-refractivity contribution in [3.63, 3.8) is 0 Å². The zero-order valence-electron chi connectivity index (χ0n) is 18.8. The topological polar surface area (TPSA) is 66.4 Å². The molecule has 0 aromatic carbocycles. The summed E-state index contributed by atoms with van der Waals surface area (Å²) in [7, 11) is 0. The molecule has 1 aliphatic heterocycles. The molecule has 7 heteroatoms. The van der Waals surface area contributed by atoms with Gasteiger partial charge in [-0.1, -0.05) is 34.3 Å². The number of hydrogen-bond donors (Lipinski definition) is 1. The second kappa shape index (κ2) is 16.6. The van der Waals surface area contributed by atoms with Gasteiger partial charge in [0.2, 0.25) is 0 Å². The maximum absolute atomic E-state index is 12.4. The van der Waals surface area contributed by atoms with Gasteiger partial charge in [-0.2, -0.15) is 5.10 Å². The standard InChI is InChI=1S/C16H30N4O3.2C2H6/c1-6-17-18-14(2)20(15(21)23-16(3,4)5)9-7-8-19-10-12-22-13-11-19;2*1-2/h6,18H,2,7-13H2,1,3-5H3;2*1-2H3/b17-6-;;. The molecule has 160 valence electrons. The molecule has 1 amide bonds. The zero-order chi connectivity index (χ0) is 21.3. The Morgan fingerprint density at radius 2 is 1.81 bits per heavy atom. The Kier molecular flexibility index (Phi) is 16.9. The van der Waals surface area contributed by atoms with Crippen molar-refractivity contribution < 1.29 is 14.3 Å².